The summed E-state index contributed by atoms with van der Waals surface area (Å²) in [6.45, 7) is 2.51. The molecule has 0 saturated carbocycles. The summed E-state index contributed by atoms with van der Waals surface area (Å²) in [4.78, 5) is 11.7. The van der Waals surface area contributed by atoms with E-state index in [1.165, 1.54) is 11.3 Å². The van der Waals surface area contributed by atoms with Crippen molar-refractivity contribution in [1.82, 2.24) is 5.32 Å². The lowest BCUT2D eigenvalue weighted by molar-refractivity contribution is 0.0960. The molecule has 0 bridgehead atoms. The van der Waals surface area contributed by atoms with Gasteiger partial charge in [-0.3, -0.25) is 4.79 Å². The van der Waals surface area contributed by atoms with E-state index in [4.69, 9.17) is 11.6 Å². The number of rotatable bonds is 2. The summed E-state index contributed by atoms with van der Waals surface area (Å²) in [6.07, 6.45) is 0. The van der Waals surface area contributed by atoms with Crippen LogP contribution >= 0.6 is 22.9 Å². The molecule has 4 heteroatoms. The number of amides is 1. The lowest BCUT2D eigenvalue weighted by Gasteiger charge is -1.97. The van der Waals surface area contributed by atoms with Crippen LogP contribution in [0.4, 0.5) is 0 Å². The van der Waals surface area contributed by atoms with Gasteiger partial charge in [0.05, 0.1) is 5.02 Å². The molecule has 0 aliphatic rings. The molecular formula is C7H8ClNOS. The molecule has 0 atom stereocenters. The largest absolute Gasteiger partial charge is 0.352 e. The maximum atomic E-state index is 11.1. The number of thiophene rings is 1. The molecule has 1 N–H and O–H groups in total. The summed E-state index contributed by atoms with van der Waals surface area (Å²) >= 11 is 7.07. The van der Waals surface area contributed by atoms with Gasteiger partial charge in [0.2, 0.25) is 0 Å². The molecule has 1 aromatic heterocycles. The van der Waals surface area contributed by atoms with E-state index in [1.54, 1.807) is 11.4 Å². The zero-order valence-corrected chi connectivity index (χ0v) is 7.63. The predicted molar refractivity (Wildman–Crippen MR) is 47.3 cm³/mol. The Hall–Kier alpha value is -0.540. The standard InChI is InChI=1S/C7H8ClNOS/c1-2-9-7(10)6-5(8)3-4-11-6/h3-4H,2H2,1H3,(H,9,10). The molecule has 1 rings (SSSR count). The van der Waals surface area contributed by atoms with E-state index < -0.39 is 0 Å². The van der Waals surface area contributed by atoms with Crippen molar-refractivity contribution in [3.8, 4) is 0 Å². The smallest absolute Gasteiger partial charge is 0.262 e. The van der Waals surface area contributed by atoms with Gasteiger partial charge in [0.1, 0.15) is 4.88 Å². The summed E-state index contributed by atoms with van der Waals surface area (Å²) < 4.78 is 0. The lowest BCUT2D eigenvalue weighted by atomic mass is 10.4. The van der Waals surface area contributed by atoms with Gasteiger partial charge in [-0.15, -0.1) is 11.3 Å². The van der Waals surface area contributed by atoms with E-state index in [1.807, 2.05) is 6.92 Å². The van der Waals surface area contributed by atoms with Crippen LogP contribution in [0.25, 0.3) is 0 Å². The monoisotopic (exact) mass is 189 g/mol. The van der Waals surface area contributed by atoms with Crippen molar-refractivity contribution < 1.29 is 4.79 Å². The zero-order valence-electron chi connectivity index (χ0n) is 6.06. The maximum absolute atomic E-state index is 11.1. The average molecular weight is 190 g/mol. The molecule has 0 saturated heterocycles. The first kappa shape index (κ1) is 8.56. The molecule has 60 valence electrons. The minimum absolute atomic E-state index is 0.0903. The molecule has 1 heterocycles. The third kappa shape index (κ3) is 1.94. The van der Waals surface area contributed by atoms with Crippen molar-refractivity contribution >= 4 is 28.8 Å². The molecule has 2 nitrogen and oxygen atoms in total. The van der Waals surface area contributed by atoms with Crippen molar-refractivity contribution in [2.45, 2.75) is 6.92 Å². The Kier molecular flexibility index (Phi) is 2.91. The predicted octanol–water partition coefficient (Wildman–Crippen LogP) is 2.15. The first-order valence-electron chi connectivity index (χ1n) is 3.27. The fourth-order valence-corrected chi connectivity index (χ4v) is 1.75. The van der Waals surface area contributed by atoms with Gasteiger partial charge in [0.25, 0.3) is 5.91 Å². The third-order valence-corrected chi connectivity index (χ3v) is 2.50. The minimum atomic E-state index is -0.0903. The summed E-state index contributed by atoms with van der Waals surface area (Å²) in [7, 11) is 0. The van der Waals surface area contributed by atoms with Gasteiger partial charge >= 0.3 is 0 Å². The van der Waals surface area contributed by atoms with E-state index in [0.29, 0.717) is 16.4 Å². The van der Waals surface area contributed by atoms with Crippen molar-refractivity contribution in [3.05, 3.63) is 21.3 Å². The summed E-state index contributed by atoms with van der Waals surface area (Å²) in [5, 5.41) is 5.00. The molecule has 0 aliphatic heterocycles. The number of halogens is 1. The van der Waals surface area contributed by atoms with Crippen LogP contribution in [0, 0.1) is 0 Å². The fraction of sp³-hybridized carbons (Fsp3) is 0.286. The lowest BCUT2D eigenvalue weighted by Crippen LogP contribution is -2.21. The third-order valence-electron chi connectivity index (χ3n) is 1.16. The second kappa shape index (κ2) is 3.74. The highest BCUT2D eigenvalue weighted by molar-refractivity contribution is 7.12. The molecule has 0 spiro atoms. The van der Waals surface area contributed by atoms with Crippen molar-refractivity contribution in [3.63, 3.8) is 0 Å². The first-order valence-corrected chi connectivity index (χ1v) is 4.52. The zero-order chi connectivity index (χ0) is 8.27. The van der Waals surface area contributed by atoms with Crippen LogP contribution in [0.3, 0.4) is 0 Å². The molecule has 0 aliphatic carbocycles. The second-order valence-corrected chi connectivity index (χ2v) is 3.28. The van der Waals surface area contributed by atoms with E-state index in [-0.39, 0.29) is 5.91 Å². The summed E-state index contributed by atoms with van der Waals surface area (Å²) in [6, 6.07) is 1.72. The maximum Gasteiger partial charge on any atom is 0.262 e. The number of carbonyl (C=O) groups excluding carboxylic acids is 1. The average Bonchev–Trinajstić information content (AvgIpc) is 2.36. The van der Waals surface area contributed by atoms with Crippen molar-refractivity contribution in [1.29, 1.82) is 0 Å². The van der Waals surface area contributed by atoms with Crippen LogP contribution in [0.2, 0.25) is 5.02 Å². The number of hydrogen-bond donors (Lipinski definition) is 1. The van der Waals surface area contributed by atoms with Gasteiger partial charge in [0, 0.05) is 6.54 Å². The highest BCUT2D eigenvalue weighted by Gasteiger charge is 2.09. The van der Waals surface area contributed by atoms with E-state index in [9.17, 15) is 4.79 Å². The van der Waals surface area contributed by atoms with Gasteiger partial charge in [-0.1, -0.05) is 11.6 Å². The molecule has 11 heavy (non-hydrogen) atoms. The Balaban J connectivity index is 2.76. The van der Waals surface area contributed by atoms with Gasteiger partial charge in [0.15, 0.2) is 0 Å². The fourth-order valence-electron chi connectivity index (χ4n) is 0.697. The van der Waals surface area contributed by atoms with E-state index in [0.717, 1.165) is 0 Å². The molecule has 0 fully saturated rings. The van der Waals surface area contributed by atoms with Crippen molar-refractivity contribution in [2.75, 3.05) is 6.54 Å². The van der Waals surface area contributed by atoms with Crippen LogP contribution in [0.5, 0.6) is 0 Å². The Labute approximate surface area is 74.2 Å². The van der Waals surface area contributed by atoms with E-state index in [2.05, 4.69) is 5.32 Å². The number of hydrogen-bond acceptors (Lipinski definition) is 2. The summed E-state index contributed by atoms with van der Waals surface area (Å²) in [5.74, 6) is -0.0903. The van der Waals surface area contributed by atoms with Crippen LogP contribution in [-0.2, 0) is 0 Å². The van der Waals surface area contributed by atoms with Crippen LogP contribution < -0.4 is 5.32 Å². The quantitative estimate of drug-likeness (QED) is 0.759. The summed E-state index contributed by atoms with van der Waals surface area (Å²) in [5.41, 5.74) is 0. The van der Waals surface area contributed by atoms with Gasteiger partial charge in [-0.2, -0.15) is 0 Å². The molecule has 1 amide bonds. The Morgan fingerprint density at radius 2 is 2.55 bits per heavy atom. The first-order chi connectivity index (χ1) is 5.25. The highest BCUT2D eigenvalue weighted by atomic mass is 35.5. The van der Waals surface area contributed by atoms with Gasteiger partial charge in [-0.05, 0) is 18.4 Å². The molecular weight excluding hydrogens is 182 g/mol. The SMILES string of the molecule is CCNC(=O)c1sccc1Cl. The topological polar surface area (TPSA) is 29.1 Å². The van der Waals surface area contributed by atoms with Gasteiger partial charge < -0.3 is 5.32 Å². The number of carbonyl (C=O) groups is 1. The second-order valence-electron chi connectivity index (χ2n) is 1.96. The normalized spacial score (nSPS) is 9.64. The van der Waals surface area contributed by atoms with Crippen LogP contribution in [0.1, 0.15) is 16.6 Å². The van der Waals surface area contributed by atoms with E-state index >= 15 is 0 Å². The van der Waals surface area contributed by atoms with Gasteiger partial charge in [-0.25, -0.2) is 0 Å². The number of nitrogens with one attached hydrogen (secondary N) is 1. The van der Waals surface area contributed by atoms with Crippen LogP contribution in [-0.4, -0.2) is 12.5 Å². The molecule has 0 radical (unpaired) electrons. The van der Waals surface area contributed by atoms with Crippen LogP contribution in [0.15, 0.2) is 11.4 Å². The Morgan fingerprint density at radius 1 is 1.82 bits per heavy atom. The Morgan fingerprint density at radius 3 is 3.00 bits per heavy atom. The van der Waals surface area contributed by atoms with Crippen molar-refractivity contribution in [2.24, 2.45) is 0 Å². The Bertz CT molecular complexity index is 259. The molecule has 0 unspecified atom stereocenters. The minimum Gasteiger partial charge on any atom is -0.352 e. The molecule has 1 aromatic rings. The molecule has 0 aromatic carbocycles. The highest BCUT2D eigenvalue weighted by Crippen LogP contribution is 2.21.